The van der Waals surface area contributed by atoms with E-state index in [1.807, 2.05) is 30.5 Å². The molecule has 94 valence electrons. The van der Waals surface area contributed by atoms with Crippen molar-refractivity contribution in [2.24, 2.45) is 10.7 Å². The van der Waals surface area contributed by atoms with Gasteiger partial charge in [-0.15, -0.1) is 0 Å². The first-order chi connectivity index (χ1) is 7.77. The minimum Gasteiger partial charge on any atom is -0.385 e. The molecule has 17 heavy (non-hydrogen) atoms. The summed E-state index contributed by atoms with van der Waals surface area (Å²) in [5, 5.41) is 9.92. The Hall–Kier alpha value is -1.55. The fraction of sp³-hybridized carbons (Fsp3) is 0.462. The van der Waals surface area contributed by atoms with Gasteiger partial charge in [-0.1, -0.05) is 0 Å². The second-order valence-electron chi connectivity index (χ2n) is 4.69. The molecule has 0 aromatic carbocycles. The predicted molar refractivity (Wildman–Crippen MR) is 72.0 cm³/mol. The summed E-state index contributed by atoms with van der Waals surface area (Å²) < 4.78 is 1.93. The van der Waals surface area contributed by atoms with E-state index >= 15 is 0 Å². The Balaban J connectivity index is 3.18. The van der Waals surface area contributed by atoms with Crippen molar-refractivity contribution < 1.29 is 5.11 Å². The molecule has 0 bridgehead atoms. The topological polar surface area (TPSA) is 63.5 Å². The van der Waals surface area contributed by atoms with Crippen LogP contribution in [0, 0.1) is 13.8 Å². The van der Waals surface area contributed by atoms with E-state index in [4.69, 9.17) is 5.73 Å². The lowest BCUT2D eigenvalue weighted by Crippen LogP contribution is -2.30. The SMILES string of the molecule is CN=C(/C=C(\N)n1c(C)ccc1C)C(C)(C)O. The van der Waals surface area contributed by atoms with Gasteiger partial charge in [-0.25, -0.2) is 0 Å². The first-order valence-electron chi connectivity index (χ1n) is 5.59. The van der Waals surface area contributed by atoms with Crippen molar-refractivity contribution in [3.05, 3.63) is 29.6 Å². The summed E-state index contributed by atoms with van der Waals surface area (Å²) in [5.74, 6) is 0.563. The monoisotopic (exact) mass is 235 g/mol. The van der Waals surface area contributed by atoms with E-state index in [2.05, 4.69) is 4.99 Å². The first kappa shape index (κ1) is 13.5. The number of aliphatic imine (C=N–C) groups is 1. The fourth-order valence-electron chi connectivity index (χ4n) is 1.80. The van der Waals surface area contributed by atoms with E-state index in [0.29, 0.717) is 11.5 Å². The van der Waals surface area contributed by atoms with Crippen LogP contribution in [0.4, 0.5) is 0 Å². The zero-order valence-corrected chi connectivity index (χ0v) is 11.2. The fourth-order valence-corrected chi connectivity index (χ4v) is 1.80. The van der Waals surface area contributed by atoms with E-state index in [1.165, 1.54) is 0 Å². The van der Waals surface area contributed by atoms with E-state index in [0.717, 1.165) is 11.4 Å². The zero-order chi connectivity index (χ0) is 13.2. The van der Waals surface area contributed by atoms with Crippen LogP contribution in [0.5, 0.6) is 0 Å². The van der Waals surface area contributed by atoms with E-state index in [-0.39, 0.29) is 0 Å². The number of aryl methyl sites for hydroxylation is 2. The second kappa shape index (κ2) is 4.75. The van der Waals surface area contributed by atoms with Gasteiger partial charge in [0.05, 0.1) is 5.71 Å². The normalized spacial score (nSPS) is 14.2. The average molecular weight is 235 g/mol. The lowest BCUT2D eigenvalue weighted by atomic mass is 10.0. The number of rotatable bonds is 3. The maximum atomic E-state index is 9.92. The van der Waals surface area contributed by atoms with Gasteiger partial charge < -0.3 is 15.4 Å². The largest absolute Gasteiger partial charge is 0.385 e. The predicted octanol–water partition coefficient (Wildman–Crippen LogP) is 1.70. The van der Waals surface area contributed by atoms with Crippen LogP contribution in [0.25, 0.3) is 5.82 Å². The lowest BCUT2D eigenvalue weighted by molar-refractivity contribution is 0.155. The molecule has 0 atom stereocenters. The number of nitrogens with two attached hydrogens (primary N) is 1. The highest BCUT2D eigenvalue weighted by Crippen LogP contribution is 2.13. The maximum Gasteiger partial charge on any atom is 0.109 e. The van der Waals surface area contributed by atoms with Crippen molar-refractivity contribution in [2.75, 3.05) is 7.05 Å². The Morgan fingerprint density at radius 3 is 2.18 bits per heavy atom. The van der Waals surface area contributed by atoms with Crippen LogP contribution in [0.15, 0.2) is 23.2 Å². The maximum absolute atomic E-state index is 9.92. The van der Waals surface area contributed by atoms with E-state index < -0.39 is 5.60 Å². The number of aliphatic hydroxyl groups is 1. The number of nitrogens with zero attached hydrogens (tertiary/aromatic N) is 2. The first-order valence-corrected chi connectivity index (χ1v) is 5.59. The number of hydrogen-bond acceptors (Lipinski definition) is 3. The highest BCUT2D eigenvalue weighted by molar-refractivity contribution is 6.04. The van der Waals surface area contributed by atoms with Gasteiger partial charge in [-0.2, -0.15) is 0 Å². The Labute approximate surface area is 102 Å². The molecule has 0 saturated heterocycles. The Bertz CT molecular complexity index is 442. The molecular formula is C13H21N3O. The van der Waals surface area contributed by atoms with Crippen molar-refractivity contribution in [1.82, 2.24) is 4.57 Å². The van der Waals surface area contributed by atoms with Crippen molar-refractivity contribution in [1.29, 1.82) is 0 Å². The molecule has 0 spiro atoms. The third kappa shape index (κ3) is 2.97. The molecule has 4 nitrogen and oxygen atoms in total. The minimum atomic E-state index is -0.992. The molecule has 0 unspecified atom stereocenters. The van der Waals surface area contributed by atoms with Gasteiger partial charge in [0.15, 0.2) is 0 Å². The molecule has 4 heteroatoms. The highest BCUT2D eigenvalue weighted by atomic mass is 16.3. The molecule has 0 aliphatic heterocycles. The molecule has 0 amide bonds. The van der Waals surface area contributed by atoms with Gasteiger partial charge >= 0.3 is 0 Å². The Morgan fingerprint density at radius 1 is 1.35 bits per heavy atom. The summed E-state index contributed by atoms with van der Waals surface area (Å²) in [6.07, 6.45) is 1.71. The van der Waals surface area contributed by atoms with Crippen LogP contribution in [0.3, 0.4) is 0 Å². The molecule has 0 fully saturated rings. The smallest absolute Gasteiger partial charge is 0.109 e. The van der Waals surface area contributed by atoms with Crippen LogP contribution in [0.1, 0.15) is 25.2 Å². The van der Waals surface area contributed by atoms with Gasteiger partial charge in [0.25, 0.3) is 0 Å². The van der Waals surface area contributed by atoms with Crippen molar-refractivity contribution >= 4 is 11.5 Å². The van der Waals surface area contributed by atoms with Crippen LogP contribution in [-0.4, -0.2) is 28.0 Å². The van der Waals surface area contributed by atoms with Crippen molar-refractivity contribution in [3.63, 3.8) is 0 Å². The van der Waals surface area contributed by atoms with Crippen LogP contribution >= 0.6 is 0 Å². The van der Waals surface area contributed by atoms with Crippen LogP contribution in [0.2, 0.25) is 0 Å². The molecule has 0 saturated carbocycles. The Morgan fingerprint density at radius 2 is 1.82 bits per heavy atom. The number of hydrogen-bond donors (Lipinski definition) is 2. The Kier molecular flexibility index (Phi) is 3.78. The molecule has 1 aromatic heterocycles. The summed E-state index contributed by atoms with van der Waals surface area (Å²) in [4.78, 5) is 4.07. The van der Waals surface area contributed by atoms with Gasteiger partial charge in [-0.3, -0.25) is 4.99 Å². The lowest BCUT2D eigenvalue weighted by Gasteiger charge is -2.18. The second-order valence-corrected chi connectivity index (χ2v) is 4.69. The molecule has 1 rings (SSSR count). The summed E-state index contributed by atoms with van der Waals surface area (Å²) in [5.41, 5.74) is 7.73. The minimum absolute atomic E-state index is 0.558. The molecular weight excluding hydrogens is 214 g/mol. The highest BCUT2D eigenvalue weighted by Gasteiger charge is 2.19. The van der Waals surface area contributed by atoms with Crippen molar-refractivity contribution in [3.8, 4) is 0 Å². The van der Waals surface area contributed by atoms with E-state index in [9.17, 15) is 5.11 Å². The van der Waals surface area contributed by atoms with Crippen LogP contribution in [-0.2, 0) is 0 Å². The van der Waals surface area contributed by atoms with Crippen molar-refractivity contribution in [2.45, 2.75) is 33.3 Å². The average Bonchev–Trinajstić information content (AvgIpc) is 2.53. The molecule has 1 aromatic rings. The molecule has 1 heterocycles. The van der Waals surface area contributed by atoms with E-state index in [1.54, 1.807) is 27.0 Å². The summed E-state index contributed by atoms with van der Waals surface area (Å²) >= 11 is 0. The quantitative estimate of drug-likeness (QED) is 0.783. The summed E-state index contributed by atoms with van der Waals surface area (Å²) in [6, 6.07) is 4.01. The third-order valence-electron chi connectivity index (χ3n) is 2.68. The van der Waals surface area contributed by atoms with Gasteiger partial charge in [0.2, 0.25) is 0 Å². The zero-order valence-electron chi connectivity index (χ0n) is 11.2. The summed E-state index contributed by atoms with van der Waals surface area (Å²) in [7, 11) is 1.65. The van der Waals surface area contributed by atoms with Gasteiger partial charge in [-0.05, 0) is 39.8 Å². The van der Waals surface area contributed by atoms with Gasteiger partial charge in [0.1, 0.15) is 11.4 Å². The summed E-state index contributed by atoms with van der Waals surface area (Å²) in [6.45, 7) is 7.35. The molecule has 0 aliphatic carbocycles. The van der Waals surface area contributed by atoms with Gasteiger partial charge in [0, 0.05) is 24.5 Å². The number of aromatic nitrogens is 1. The van der Waals surface area contributed by atoms with Crippen LogP contribution < -0.4 is 5.73 Å². The molecule has 3 N–H and O–H groups in total. The standard InChI is InChI=1S/C13H21N3O/c1-9-6-7-10(2)16(9)12(14)8-11(15-5)13(3,4)17/h6-8,17H,14H2,1-5H3/b12-8+,15-11?. The molecule has 0 aliphatic rings. The third-order valence-corrected chi connectivity index (χ3v) is 2.68. The molecule has 0 radical (unpaired) electrons.